The Bertz CT molecular complexity index is 588. The summed E-state index contributed by atoms with van der Waals surface area (Å²) in [4.78, 5) is 12.5. The third kappa shape index (κ3) is 2.76. The number of carbonyl (C=O) groups excluding carboxylic acids is 1. The monoisotopic (exact) mass is 255 g/mol. The lowest BCUT2D eigenvalue weighted by Gasteiger charge is -2.09. The number of methoxy groups -OCH3 is 1. The molecule has 0 fully saturated rings. The molecule has 2 rings (SSSR count). The van der Waals surface area contributed by atoms with E-state index in [9.17, 15) is 4.79 Å². The number of anilines is 1. The zero-order valence-electron chi connectivity index (χ0n) is 11.4. The molecule has 2 aromatic rings. The fraction of sp³-hybridized carbons (Fsp3) is 0.188. The highest BCUT2D eigenvalue weighted by molar-refractivity contribution is 6.11. The molecule has 0 atom stereocenters. The molecule has 0 radical (unpaired) electrons. The molecule has 3 nitrogen and oxygen atoms in total. The van der Waals surface area contributed by atoms with E-state index in [1.54, 1.807) is 7.11 Å². The maximum Gasteiger partial charge on any atom is 0.196 e. The average molecular weight is 255 g/mol. The second kappa shape index (κ2) is 5.57. The number of ketones is 1. The molecule has 0 unspecified atom stereocenters. The van der Waals surface area contributed by atoms with Crippen LogP contribution >= 0.6 is 0 Å². The Balaban J connectivity index is 2.40. The molecule has 0 aliphatic carbocycles. The summed E-state index contributed by atoms with van der Waals surface area (Å²) in [7, 11) is 3.42. The van der Waals surface area contributed by atoms with Gasteiger partial charge in [-0.15, -0.1) is 0 Å². The second-order valence-corrected chi connectivity index (χ2v) is 4.36. The van der Waals surface area contributed by atoms with E-state index in [1.807, 2.05) is 56.4 Å². The number of nitrogens with one attached hydrogen (secondary N) is 1. The normalized spacial score (nSPS) is 10.1. The van der Waals surface area contributed by atoms with Gasteiger partial charge in [0, 0.05) is 18.3 Å². The smallest absolute Gasteiger partial charge is 0.196 e. The Morgan fingerprint density at radius 2 is 1.79 bits per heavy atom. The summed E-state index contributed by atoms with van der Waals surface area (Å²) in [5.41, 5.74) is 3.27. The Morgan fingerprint density at radius 3 is 2.37 bits per heavy atom. The topological polar surface area (TPSA) is 38.3 Å². The van der Waals surface area contributed by atoms with Crippen LogP contribution in [0.25, 0.3) is 0 Å². The summed E-state index contributed by atoms with van der Waals surface area (Å²) >= 11 is 0. The van der Waals surface area contributed by atoms with Crippen molar-refractivity contribution < 1.29 is 9.53 Å². The van der Waals surface area contributed by atoms with Crippen molar-refractivity contribution in [1.82, 2.24) is 0 Å². The average Bonchev–Trinajstić information content (AvgIpc) is 2.46. The van der Waals surface area contributed by atoms with Crippen molar-refractivity contribution >= 4 is 11.5 Å². The molecule has 0 saturated carbocycles. The highest BCUT2D eigenvalue weighted by Gasteiger charge is 2.14. The van der Waals surface area contributed by atoms with E-state index < -0.39 is 0 Å². The number of benzene rings is 2. The molecule has 2 aromatic carbocycles. The van der Waals surface area contributed by atoms with Crippen LogP contribution in [0.1, 0.15) is 21.5 Å². The largest absolute Gasteiger partial charge is 0.496 e. The first-order valence-corrected chi connectivity index (χ1v) is 6.13. The summed E-state index contributed by atoms with van der Waals surface area (Å²) in [5, 5.41) is 3.03. The van der Waals surface area contributed by atoms with Crippen LogP contribution in [0.3, 0.4) is 0 Å². The predicted octanol–water partition coefficient (Wildman–Crippen LogP) is 3.28. The SMILES string of the molecule is CNc1ccc(C(=O)c2cc(C)ccc2OC)cc1. The second-order valence-electron chi connectivity index (χ2n) is 4.36. The number of rotatable bonds is 4. The third-order valence-corrected chi connectivity index (χ3v) is 3.04. The van der Waals surface area contributed by atoms with Gasteiger partial charge in [-0.05, 0) is 43.3 Å². The highest BCUT2D eigenvalue weighted by atomic mass is 16.5. The van der Waals surface area contributed by atoms with Crippen LogP contribution in [0, 0.1) is 6.92 Å². The number of ether oxygens (including phenoxy) is 1. The fourth-order valence-electron chi connectivity index (χ4n) is 1.94. The number of carbonyl (C=O) groups is 1. The van der Waals surface area contributed by atoms with Gasteiger partial charge in [0.25, 0.3) is 0 Å². The van der Waals surface area contributed by atoms with Gasteiger partial charge in [-0.25, -0.2) is 0 Å². The van der Waals surface area contributed by atoms with Gasteiger partial charge in [0.05, 0.1) is 12.7 Å². The lowest BCUT2D eigenvalue weighted by Crippen LogP contribution is -2.04. The zero-order valence-corrected chi connectivity index (χ0v) is 11.4. The quantitative estimate of drug-likeness (QED) is 0.852. The standard InChI is InChI=1S/C16H17NO2/c1-11-4-9-15(19-3)14(10-11)16(18)12-5-7-13(17-2)8-6-12/h4-10,17H,1-3H3. The Kier molecular flexibility index (Phi) is 3.85. The van der Waals surface area contributed by atoms with Crippen molar-refractivity contribution in [2.45, 2.75) is 6.92 Å². The summed E-state index contributed by atoms with van der Waals surface area (Å²) in [6.07, 6.45) is 0. The minimum atomic E-state index is -0.0248. The molecular weight excluding hydrogens is 238 g/mol. The van der Waals surface area contributed by atoms with E-state index in [2.05, 4.69) is 5.32 Å². The van der Waals surface area contributed by atoms with E-state index in [0.29, 0.717) is 16.9 Å². The molecule has 0 aliphatic heterocycles. The molecule has 0 bridgehead atoms. The molecule has 0 aliphatic rings. The summed E-state index contributed by atoms with van der Waals surface area (Å²) in [6, 6.07) is 13.0. The Labute approximate surface area is 113 Å². The predicted molar refractivity (Wildman–Crippen MR) is 77.2 cm³/mol. The van der Waals surface area contributed by atoms with Crippen LogP contribution in [-0.4, -0.2) is 19.9 Å². The molecule has 1 N–H and O–H groups in total. The van der Waals surface area contributed by atoms with E-state index >= 15 is 0 Å². The third-order valence-electron chi connectivity index (χ3n) is 3.04. The minimum absolute atomic E-state index is 0.0248. The highest BCUT2D eigenvalue weighted by Crippen LogP contribution is 2.23. The maximum atomic E-state index is 12.5. The maximum absolute atomic E-state index is 12.5. The first-order chi connectivity index (χ1) is 9.15. The van der Waals surface area contributed by atoms with Crippen LogP contribution in [0.4, 0.5) is 5.69 Å². The molecule has 0 spiro atoms. The first kappa shape index (κ1) is 13.1. The minimum Gasteiger partial charge on any atom is -0.496 e. The van der Waals surface area contributed by atoms with Crippen molar-refractivity contribution in [1.29, 1.82) is 0 Å². The van der Waals surface area contributed by atoms with Gasteiger partial charge in [-0.3, -0.25) is 4.79 Å². The number of hydrogen-bond donors (Lipinski definition) is 1. The van der Waals surface area contributed by atoms with E-state index in [4.69, 9.17) is 4.74 Å². The molecular formula is C16H17NO2. The van der Waals surface area contributed by atoms with E-state index in [1.165, 1.54) is 0 Å². The summed E-state index contributed by atoms with van der Waals surface area (Å²) < 4.78 is 5.25. The van der Waals surface area contributed by atoms with Gasteiger partial charge in [0.2, 0.25) is 0 Å². The van der Waals surface area contributed by atoms with E-state index in [0.717, 1.165) is 11.3 Å². The Morgan fingerprint density at radius 1 is 1.11 bits per heavy atom. The van der Waals surface area contributed by atoms with Crippen molar-refractivity contribution in [3.8, 4) is 5.75 Å². The van der Waals surface area contributed by atoms with Crippen LogP contribution in [0.15, 0.2) is 42.5 Å². The molecule has 3 heteroatoms. The van der Waals surface area contributed by atoms with Crippen molar-refractivity contribution in [2.75, 3.05) is 19.5 Å². The fourth-order valence-corrected chi connectivity index (χ4v) is 1.94. The summed E-state index contributed by atoms with van der Waals surface area (Å²) in [6.45, 7) is 1.96. The molecule has 0 aromatic heterocycles. The van der Waals surface area contributed by atoms with Crippen LogP contribution in [-0.2, 0) is 0 Å². The Hall–Kier alpha value is -2.29. The van der Waals surface area contributed by atoms with Crippen LogP contribution in [0.2, 0.25) is 0 Å². The summed E-state index contributed by atoms with van der Waals surface area (Å²) in [5.74, 6) is 0.580. The van der Waals surface area contributed by atoms with Gasteiger partial charge < -0.3 is 10.1 Å². The zero-order chi connectivity index (χ0) is 13.8. The van der Waals surface area contributed by atoms with Crippen molar-refractivity contribution in [2.24, 2.45) is 0 Å². The number of aryl methyl sites for hydroxylation is 1. The molecule has 0 heterocycles. The molecule has 0 saturated heterocycles. The van der Waals surface area contributed by atoms with Gasteiger partial charge in [-0.1, -0.05) is 11.6 Å². The number of hydrogen-bond acceptors (Lipinski definition) is 3. The molecule has 19 heavy (non-hydrogen) atoms. The first-order valence-electron chi connectivity index (χ1n) is 6.13. The van der Waals surface area contributed by atoms with Crippen molar-refractivity contribution in [3.63, 3.8) is 0 Å². The molecule has 98 valence electrons. The van der Waals surface area contributed by atoms with E-state index in [-0.39, 0.29) is 5.78 Å². The van der Waals surface area contributed by atoms with Gasteiger partial charge in [0.1, 0.15) is 5.75 Å². The lowest BCUT2D eigenvalue weighted by atomic mass is 10.0. The van der Waals surface area contributed by atoms with Gasteiger partial charge in [0.15, 0.2) is 5.78 Å². The lowest BCUT2D eigenvalue weighted by molar-refractivity contribution is 0.103. The van der Waals surface area contributed by atoms with Gasteiger partial charge >= 0.3 is 0 Å². The van der Waals surface area contributed by atoms with Crippen LogP contribution in [0.5, 0.6) is 5.75 Å². The van der Waals surface area contributed by atoms with Crippen molar-refractivity contribution in [3.05, 3.63) is 59.2 Å². The molecule has 0 amide bonds. The van der Waals surface area contributed by atoms with Crippen LogP contribution < -0.4 is 10.1 Å². The van der Waals surface area contributed by atoms with Gasteiger partial charge in [-0.2, -0.15) is 0 Å².